The molecule has 0 amide bonds. The minimum Gasteiger partial charge on any atom is -0.497 e. The van der Waals surface area contributed by atoms with Crippen LogP contribution in [0.5, 0.6) is 5.75 Å². The van der Waals surface area contributed by atoms with Gasteiger partial charge in [0.2, 0.25) is 0 Å². The fourth-order valence-electron chi connectivity index (χ4n) is 5.76. The lowest BCUT2D eigenvalue weighted by molar-refractivity contribution is -0.120. The predicted molar refractivity (Wildman–Crippen MR) is 105 cm³/mol. The van der Waals surface area contributed by atoms with Crippen molar-refractivity contribution >= 4 is 5.97 Å². The second-order valence-electron chi connectivity index (χ2n) is 9.78. The summed E-state index contributed by atoms with van der Waals surface area (Å²) in [5.74, 6) is 0.362. The van der Waals surface area contributed by atoms with Gasteiger partial charge in [-0.15, -0.1) is 0 Å². The molecule has 4 rings (SSSR count). The number of ether oxygens (including phenoxy) is 3. The topological polar surface area (TPSA) is 68.3 Å². The Balaban J connectivity index is 1.64. The number of esters is 1. The summed E-state index contributed by atoms with van der Waals surface area (Å²) in [5, 5.41) is 11.6. The minimum atomic E-state index is -0.827. The molecule has 154 valence electrons. The van der Waals surface area contributed by atoms with Gasteiger partial charge in [0.1, 0.15) is 11.9 Å². The van der Waals surface area contributed by atoms with Gasteiger partial charge < -0.3 is 19.3 Å². The van der Waals surface area contributed by atoms with Crippen LogP contribution in [0.1, 0.15) is 63.7 Å². The average molecular weight is 389 g/mol. The molecule has 2 aliphatic carbocycles. The molecule has 0 aromatic heterocycles. The fraction of sp³-hybridized carbons (Fsp3) is 0.696. The van der Waals surface area contributed by atoms with Crippen LogP contribution in [-0.4, -0.2) is 41.6 Å². The van der Waals surface area contributed by atoms with E-state index in [1.165, 1.54) is 0 Å². The molecule has 6 atom stereocenters. The second kappa shape index (κ2) is 6.46. The molecule has 3 aliphatic rings. The van der Waals surface area contributed by atoms with Gasteiger partial charge in [-0.1, -0.05) is 20.8 Å². The Morgan fingerprint density at radius 1 is 1.18 bits per heavy atom. The largest absolute Gasteiger partial charge is 0.497 e. The van der Waals surface area contributed by atoms with Gasteiger partial charge in [0.15, 0.2) is 0 Å². The van der Waals surface area contributed by atoms with E-state index < -0.39 is 5.60 Å². The number of hydrogen-bond donors (Lipinski definition) is 1. The summed E-state index contributed by atoms with van der Waals surface area (Å²) in [6, 6.07) is 6.96. The molecular formula is C23H32O5. The SMILES string of the molecule is COc1ccc(C(=O)O[C@H]2C[C@@]3(C)O[C@H]3C[C@@]3(C)CC[C@@](O)(C(C)C)[C@H]23)cc1. The number of fused-ring (bicyclic) bond motifs is 2. The van der Waals surface area contributed by atoms with Gasteiger partial charge in [0.25, 0.3) is 0 Å². The van der Waals surface area contributed by atoms with Crippen LogP contribution in [0.3, 0.4) is 0 Å². The van der Waals surface area contributed by atoms with Gasteiger partial charge >= 0.3 is 5.97 Å². The van der Waals surface area contributed by atoms with E-state index in [9.17, 15) is 9.90 Å². The second-order valence-corrected chi connectivity index (χ2v) is 9.78. The number of benzene rings is 1. The van der Waals surface area contributed by atoms with Gasteiger partial charge in [-0.3, -0.25) is 0 Å². The van der Waals surface area contributed by atoms with Gasteiger partial charge in [-0.05, 0) is 61.8 Å². The van der Waals surface area contributed by atoms with Gasteiger partial charge in [-0.25, -0.2) is 4.79 Å². The first-order valence-corrected chi connectivity index (χ1v) is 10.4. The number of aliphatic hydroxyl groups is 1. The molecule has 5 heteroatoms. The Kier molecular flexibility index (Phi) is 4.55. The molecule has 0 radical (unpaired) electrons. The smallest absolute Gasteiger partial charge is 0.338 e. The van der Waals surface area contributed by atoms with E-state index in [0.29, 0.717) is 17.7 Å². The van der Waals surface area contributed by atoms with Crippen molar-refractivity contribution in [3.8, 4) is 5.75 Å². The van der Waals surface area contributed by atoms with E-state index in [1.807, 2.05) is 0 Å². The van der Waals surface area contributed by atoms with E-state index in [2.05, 4.69) is 27.7 Å². The third kappa shape index (κ3) is 3.03. The Bertz CT molecular complexity index is 759. The van der Waals surface area contributed by atoms with Crippen LogP contribution in [0.25, 0.3) is 0 Å². The summed E-state index contributed by atoms with van der Waals surface area (Å²) >= 11 is 0. The number of carbonyl (C=O) groups is 1. The number of methoxy groups -OCH3 is 1. The highest BCUT2D eigenvalue weighted by Gasteiger charge is 2.68. The van der Waals surface area contributed by atoms with Crippen molar-refractivity contribution in [2.24, 2.45) is 17.3 Å². The fourth-order valence-corrected chi connectivity index (χ4v) is 5.76. The summed E-state index contributed by atoms with van der Waals surface area (Å²) < 4.78 is 17.3. The molecule has 0 spiro atoms. The Morgan fingerprint density at radius 2 is 1.86 bits per heavy atom. The number of hydrogen-bond acceptors (Lipinski definition) is 5. The molecule has 1 N–H and O–H groups in total. The summed E-state index contributed by atoms with van der Waals surface area (Å²) in [4.78, 5) is 12.9. The third-order valence-corrected chi connectivity index (χ3v) is 7.64. The molecule has 1 aromatic rings. The molecule has 2 saturated carbocycles. The van der Waals surface area contributed by atoms with Crippen molar-refractivity contribution < 1.29 is 24.1 Å². The summed E-state index contributed by atoms with van der Waals surface area (Å²) in [5.41, 5.74) is -0.678. The van der Waals surface area contributed by atoms with Crippen LogP contribution in [0.2, 0.25) is 0 Å². The first-order valence-electron chi connectivity index (χ1n) is 10.4. The lowest BCUT2D eigenvalue weighted by Crippen LogP contribution is -2.50. The van der Waals surface area contributed by atoms with Gasteiger partial charge in [-0.2, -0.15) is 0 Å². The van der Waals surface area contributed by atoms with Crippen LogP contribution in [0.4, 0.5) is 0 Å². The summed E-state index contributed by atoms with van der Waals surface area (Å²) in [7, 11) is 1.60. The summed E-state index contributed by atoms with van der Waals surface area (Å²) in [6.07, 6.45) is 3.05. The molecule has 0 bridgehead atoms. The maximum Gasteiger partial charge on any atom is 0.338 e. The first kappa shape index (κ1) is 19.7. The molecule has 28 heavy (non-hydrogen) atoms. The zero-order valence-corrected chi connectivity index (χ0v) is 17.5. The lowest BCUT2D eigenvalue weighted by Gasteiger charge is -2.44. The maximum atomic E-state index is 12.9. The van der Waals surface area contributed by atoms with Crippen LogP contribution in [0, 0.1) is 17.3 Å². The molecule has 1 aliphatic heterocycles. The first-order chi connectivity index (χ1) is 13.1. The third-order valence-electron chi connectivity index (χ3n) is 7.64. The van der Waals surface area contributed by atoms with Crippen molar-refractivity contribution in [2.75, 3.05) is 7.11 Å². The molecule has 1 aromatic carbocycles. The van der Waals surface area contributed by atoms with Crippen molar-refractivity contribution in [3.63, 3.8) is 0 Å². The van der Waals surface area contributed by atoms with E-state index >= 15 is 0 Å². The van der Waals surface area contributed by atoms with Crippen LogP contribution >= 0.6 is 0 Å². The normalized spacial score (nSPS) is 41.8. The van der Waals surface area contributed by atoms with E-state index in [0.717, 1.165) is 19.3 Å². The van der Waals surface area contributed by atoms with E-state index in [-0.39, 0.29) is 41.0 Å². The average Bonchev–Trinajstić information content (AvgIpc) is 3.19. The van der Waals surface area contributed by atoms with Crippen molar-refractivity contribution in [2.45, 2.75) is 76.8 Å². The van der Waals surface area contributed by atoms with Gasteiger partial charge in [0, 0.05) is 12.3 Å². The number of rotatable bonds is 4. The number of carbonyl (C=O) groups excluding carboxylic acids is 1. The maximum absolute atomic E-state index is 12.9. The van der Waals surface area contributed by atoms with Crippen molar-refractivity contribution in [1.82, 2.24) is 0 Å². The Labute approximate surface area is 167 Å². The molecule has 5 nitrogen and oxygen atoms in total. The van der Waals surface area contributed by atoms with E-state index in [1.54, 1.807) is 31.4 Å². The molecule has 1 saturated heterocycles. The monoisotopic (exact) mass is 388 g/mol. The highest BCUT2D eigenvalue weighted by Crippen LogP contribution is 2.63. The van der Waals surface area contributed by atoms with Crippen LogP contribution in [-0.2, 0) is 9.47 Å². The molecule has 3 fully saturated rings. The van der Waals surface area contributed by atoms with Crippen molar-refractivity contribution in [3.05, 3.63) is 29.8 Å². The summed E-state index contributed by atoms with van der Waals surface area (Å²) in [6.45, 7) is 8.47. The predicted octanol–water partition coefficient (Wildman–Crippen LogP) is 3.98. The molecule has 0 unspecified atom stereocenters. The Hall–Kier alpha value is -1.59. The zero-order valence-electron chi connectivity index (χ0n) is 17.5. The standard InChI is InChI=1S/C23H32O5/c1-14(2)23(25)11-10-21(3)13-18-22(4,28-18)12-17(19(21)23)27-20(24)15-6-8-16(26-5)9-7-15/h6-9,14,17-19,25H,10-13H2,1-5H3/t17-,18-,19+,21+,22+,23+/m0/s1. The zero-order chi connectivity index (χ0) is 20.3. The van der Waals surface area contributed by atoms with Crippen LogP contribution < -0.4 is 4.74 Å². The van der Waals surface area contributed by atoms with Gasteiger partial charge in [0.05, 0.1) is 30.0 Å². The Morgan fingerprint density at radius 3 is 2.46 bits per heavy atom. The lowest BCUT2D eigenvalue weighted by atomic mass is 9.67. The highest BCUT2D eigenvalue weighted by molar-refractivity contribution is 5.89. The van der Waals surface area contributed by atoms with E-state index in [4.69, 9.17) is 14.2 Å². The number of epoxide rings is 1. The van der Waals surface area contributed by atoms with Crippen LogP contribution in [0.15, 0.2) is 24.3 Å². The highest BCUT2D eigenvalue weighted by atomic mass is 16.6. The molecule has 1 heterocycles. The quantitative estimate of drug-likeness (QED) is 0.624. The van der Waals surface area contributed by atoms with Crippen molar-refractivity contribution in [1.29, 1.82) is 0 Å². The molecular weight excluding hydrogens is 356 g/mol. The minimum absolute atomic E-state index is 0.0876.